The van der Waals surface area contributed by atoms with Crippen LogP contribution in [0.1, 0.15) is 24.8 Å². The van der Waals surface area contributed by atoms with Gasteiger partial charge in [0.1, 0.15) is 0 Å². The molecule has 6 heteroatoms. The molecule has 1 atom stereocenters. The smallest absolute Gasteiger partial charge is 0.243 e. The second-order valence-corrected chi connectivity index (χ2v) is 8.92. The largest absolute Gasteiger partial charge is 0.310 e. The van der Waals surface area contributed by atoms with Gasteiger partial charge in [0.2, 0.25) is 10.0 Å². The molecule has 0 aromatic heterocycles. The highest BCUT2D eigenvalue weighted by Gasteiger charge is 2.32. The zero-order valence-corrected chi connectivity index (χ0v) is 13.9. The third-order valence-corrected chi connectivity index (χ3v) is 7.36. The molecule has 0 spiro atoms. The molecule has 1 heterocycles. The van der Waals surface area contributed by atoms with Crippen molar-refractivity contribution in [1.82, 2.24) is 9.62 Å². The van der Waals surface area contributed by atoms with Crippen LogP contribution in [0.2, 0.25) is 0 Å². The SMILES string of the molecule is CN(C1CCSC1)S(=O)(=O)c1ccccc1CNC1CC1. The van der Waals surface area contributed by atoms with Gasteiger partial charge in [0.15, 0.2) is 0 Å². The van der Waals surface area contributed by atoms with Gasteiger partial charge in [0.25, 0.3) is 0 Å². The van der Waals surface area contributed by atoms with Crippen LogP contribution in [0.4, 0.5) is 0 Å². The summed E-state index contributed by atoms with van der Waals surface area (Å²) in [5.74, 6) is 1.95. The standard InChI is InChI=1S/C15H22N2O2S2/c1-17(14-8-9-20-11-14)21(18,19)15-5-3-2-4-12(15)10-16-13-6-7-13/h2-5,13-14,16H,6-11H2,1H3. The van der Waals surface area contributed by atoms with Crippen molar-refractivity contribution < 1.29 is 8.42 Å². The van der Waals surface area contributed by atoms with E-state index in [1.807, 2.05) is 30.0 Å². The van der Waals surface area contributed by atoms with E-state index >= 15 is 0 Å². The van der Waals surface area contributed by atoms with Gasteiger partial charge in [-0.05, 0) is 36.6 Å². The van der Waals surface area contributed by atoms with Crippen molar-refractivity contribution in [3.8, 4) is 0 Å². The van der Waals surface area contributed by atoms with Gasteiger partial charge >= 0.3 is 0 Å². The number of thioether (sulfide) groups is 1. The Labute approximate surface area is 131 Å². The second kappa shape index (κ2) is 6.28. The van der Waals surface area contributed by atoms with Gasteiger partial charge in [0.05, 0.1) is 4.90 Å². The van der Waals surface area contributed by atoms with Crippen LogP contribution in [0.3, 0.4) is 0 Å². The first kappa shape index (κ1) is 15.3. The topological polar surface area (TPSA) is 49.4 Å². The molecule has 1 saturated heterocycles. The molecule has 1 aromatic rings. The average Bonchev–Trinajstić information content (AvgIpc) is 3.16. The van der Waals surface area contributed by atoms with Gasteiger partial charge in [-0.25, -0.2) is 8.42 Å². The highest BCUT2D eigenvalue weighted by molar-refractivity contribution is 7.99. The Kier molecular flexibility index (Phi) is 4.59. The molecule has 1 aliphatic carbocycles. The molecule has 1 saturated carbocycles. The van der Waals surface area contributed by atoms with E-state index in [9.17, 15) is 8.42 Å². The monoisotopic (exact) mass is 326 g/mol. The Morgan fingerprint density at radius 3 is 2.71 bits per heavy atom. The minimum atomic E-state index is -3.40. The maximum atomic E-state index is 12.9. The van der Waals surface area contributed by atoms with Gasteiger partial charge in [-0.3, -0.25) is 0 Å². The Balaban J connectivity index is 1.82. The Bertz CT molecular complexity index is 593. The fourth-order valence-electron chi connectivity index (χ4n) is 2.60. The van der Waals surface area contributed by atoms with Crippen LogP contribution < -0.4 is 5.32 Å². The normalized spacial score (nSPS) is 22.9. The number of nitrogens with one attached hydrogen (secondary N) is 1. The fraction of sp³-hybridized carbons (Fsp3) is 0.600. The summed E-state index contributed by atoms with van der Waals surface area (Å²) in [5, 5.41) is 3.41. The highest BCUT2D eigenvalue weighted by Crippen LogP contribution is 2.28. The molecule has 4 nitrogen and oxygen atoms in total. The van der Waals surface area contributed by atoms with Crippen LogP contribution in [0, 0.1) is 0 Å². The molecule has 0 amide bonds. The minimum absolute atomic E-state index is 0.129. The summed E-state index contributed by atoms with van der Waals surface area (Å²) in [6.07, 6.45) is 3.35. The van der Waals surface area contributed by atoms with E-state index in [1.165, 1.54) is 12.8 Å². The third kappa shape index (κ3) is 3.44. The molecule has 0 bridgehead atoms. The molecule has 3 rings (SSSR count). The lowest BCUT2D eigenvalue weighted by Gasteiger charge is -2.24. The molecule has 21 heavy (non-hydrogen) atoms. The van der Waals surface area contributed by atoms with E-state index in [-0.39, 0.29) is 6.04 Å². The molecule has 1 N–H and O–H groups in total. The van der Waals surface area contributed by atoms with Crippen molar-refractivity contribution >= 4 is 21.8 Å². The van der Waals surface area contributed by atoms with Crippen LogP contribution in [0.25, 0.3) is 0 Å². The summed E-state index contributed by atoms with van der Waals surface area (Å²) in [6.45, 7) is 0.632. The number of sulfonamides is 1. The molecule has 2 fully saturated rings. The van der Waals surface area contributed by atoms with Crippen LogP contribution in [0.5, 0.6) is 0 Å². The van der Waals surface area contributed by atoms with Gasteiger partial charge < -0.3 is 5.32 Å². The zero-order valence-electron chi connectivity index (χ0n) is 12.3. The Morgan fingerprint density at radius 2 is 2.05 bits per heavy atom. The van der Waals surface area contributed by atoms with Crippen molar-refractivity contribution in [3.05, 3.63) is 29.8 Å². The fourth-order valence-corrected chi connectivity index (χ4v) is 5.57. The first-order valence-electron chi connectivity index (χ1n) is 7.46. The van der Waals surface area contributed by atoms with E-state index < -0.39 is 10.0 Å². The minimum Gasteiger partial charge on any atom is -0.310 e. The highest BCUT2D eigenvalue weighted by atomic mass is 32.2. The summed E-state index contributed by atoms with van der Waals surface area (Å²) >= 11 is 1.83. The van der Waals surface area contributed by atoms with Crippen LogP contribution >= 0.6 is 11.8 Å². The van der Waals surface area contributed by atoms with Crippen molar-refractivity contribution in [2.75, 3.05) is 18.6 Å². The van der Waals surface area contributed by atoms with Crippen molar-refractivity contribution in [2.24, 2.45) is 0 Å². The number of hydrogen-bond acceptors (Lipinski definition) is 4. The lowest BCUT2D eigenvalue weighted by molar-refractivity contribution is 0.394. The molecular formula is C15H22N2O2S2. The van der Waals surface area contributed by atoms with Gasteiger partial charge in [0, 0.05) is 31.4 Å². The van der Waals surface area contributed by atoms with E-state index in [0.717, 1.165) is 23.5 Å². The van der Waals surface area contributed by atoms with Crippen molar-refractivity contribution in [2.45, 2.75) is 42.8 Å². The summed E-state index contributed by atoms with van der Waals surface area (Å²) < 4.78 is 27.4. The summed E-state index contributed by atoms with van der Waals surface area (Å²) in [6, 6.07) is 8.07. The van der Waals surface area contributed by atoms with E-state index in [0.29, 0.717) is 17.5 Å². The quantitative estimate of drug-likeness (QED) is 0.869. The maximum Gasteiger partial charge on any atom is 0.243 e. The number of rotatable bonds is 6. The number of hydrogen-bond donors (Lipinski definition) is 1. The van der Waals surface area contributed by atoms with Crippen LogP contribution in [-0.4, -0.2) is 43.4 Å². The summed E-state index contributed by atoms with van der Waals surface area (Å²) in [7, 11) is -1.68. The van der Waals surface area contributed by atoms with E-state index in [1.54, 1.807) is 17.4 Å². The van der Waals surface area contributed by atoms with E-state index in [2.05, 4.69) is 5.32 Å². The van der Waals surface area contributed by atoms with Crippen molar-refractivity contribution in [1.29, 1.82) is 0 Å². The van der Waals surface area contributed by atoms with Gasteiger partial charge in [-0.1, -0.05) is 18.2 Å². The Hall–Kier alpha value is -0.560. The molecule has 1 unspecified atom stereocenters. The van der Waals surface area contributed by atoms with Gasteiger partial charge in [-0.15, -0.1) is 0 Å². The number of benzene rings is 1. The molecule has 0 radical (unpaired) electrons. The van der Waals surface area contributed by atoms with E-state index in [4.69, 9.17) is 0 Å². The molecule has 116 valence electrons. The predicted octanol–water partition coefficient (Wildman–Crippen LogP) is 2.06. The Morgan fingerprint density at radius 1 is 1.29 bits per heavy atom. The summed E-state index contributed by atoms with van der Waals surface area (Å²) in [4.78, 5) is 0.456. The molecule has 2 aliphatic rings. The molecule has 1 aromatic carbocycles. The molecular weight excluding hydrogens is 304 g/mol. The predicted molar refractivity (Wildman–Crippen MR) is 87.0 cm³/mol. The second-order valence-electron chi connectivity index (χ2n) is 5.80. The van der Waals surface area contributed by atoms with Crippen molar-refractivity contribution in [3.63, 3.8) is 0 Å². The summed E-state index contributed by atoms with van der Waals surface area (Å²) in [5.41, 5.74) is 0.877. The molecule has 1 aliphatic heterocycles. The zero-order chi connectivity index (χ0) is 14.9. The number of nitrogens with zero attached hydrogens (tertiary/aromatic N) is 1. The maximum absolute atomic E-state index is 12.9. The van der Waals surface area contributed by atoms with Crippen LogP contribution in [-0.2, 0) is 16.6 Å². The average molecular weight is 326 g/mol. The van der Waals surface area contributed by atoms with Gasteiger partial charge in [-0.2, -0.15) is 16.1 Å². The lowest BCUT2D eigenvalue weighted by atomic mass is 10.2. The van der Waals surface area contributed by atoms with Crippen LogP contribution in [0.15, 0.2) is 29.2 Å². The first-order chi connectivity index (χ1) is 10.1. The lowest BCUT2D eigenvalue weighted by Crippen LogP contribution is -2.37. The first-order valence-corrected chi connectivity index (χ1v) is 10.1. The third-order valence-electron chi connectivity index (χ3n) is 4.21.